The summed E-state index contributed by atoms with van der Waals surface area (Å²) >= 11 is 0. The molecule has 0 spiro atoms. The average Bonchev–Trinajstić information content (AvgIpc) is 3.15. The molecule has 0 aliphatic carbocycles. The molecular formula is C18H29N5O3. The number of aromatic nitrogens is 2. The Hall–Kier alpha value is -1.93. The molecule has 1 aromatic rings. The molecule has 2 N–H and O–H groups in total. The van der Waals surface area contributed by atoms with E-state index in [0.717, 1.165) is 26.2 Å². The molecule has 8 heteroatoms. The molecule has 0 radical (unpaired) electrons. The summed E-state index contributed by atoms with van der Waals surface area (Å²) in [6.45, 7) is 10.1. The lowest BCUT2D eigenvalue weighted by Gasteiger charge is -2.32. The number of morpholine rings is 1. The van der Waals surface area contributed by atoms with Crippen molar-refractivity contribution in [2.45, 2.75) is 32.1 Å². The van der Waals surface area contributed by atoms with E-state index in [4.69, 9.17) is 4.74 Å². The van der Waals surface area contributed by atoms with Gasteiger partial charge in [-0.15, -0.1) is 0 Å². The van der Waals surface area contributed by atoms with Crippen LogP contribution in [0.25, 0.3) is 0 Å². The van der Waals surface area contributed by atoms with Gasteiger partial charge in [0.2, 0.25) is 5.95 Å². The maximum absolute atomic E-state index is 11.7. The molecule has 0 atom stereocenters. The van der Waals surface area contributed by atoms with Crippen molar-refractivity contribution < 1.29 is 14.6 Å². The first-order valence-electron chi connectivity index (χ1n) is 9.38. The number of rotatable bonds is 7. The van der Waals surface area contributed by atoms with Crippen molar-refractivity contribution in [2.24, 2.45) is 0 Å². The Morgan fingerprint density at radius 3 is 2.62 bits per heavy atom. The third-order valence-electron chi connectivity index (χ3n) is 5.20. The number of carboxylic acid groups (broad SMARTS) is 1. The van der Waals surface area contributed by atoms with Crippen LogP contribution in [0.15, 0.2) is 6.20 Å². The molecule has 2 aliphatic rings. The normalized spacial score (nSPS) is 18.9. The number of hydrogen-bond donors (Lipinski definition) is 2. The lowest BCUT2D eigenvalue weighted by Crippen LogP contribution is -2.40. The summed E-state index contributed by atoms with van der Waals surface area (Å²) in [5.41, 5.74) is -0.418. The van der Waals surface area contributed by atoms with Crippen LogP contribution in [0.4, 0.5) is 11.8 Å². The van der Waals surface area contributed by atoms with E-state index in [9.17, 15) is 9.90 Å². The fraction of sp³-hybridized carbons (Fsp3) is 0.722. The quantitative estimate of drug-likeness (QED) is 0.746. The van der Waals surface area contributed by atoms with Crippen LogP contribution in [-0.2, 0) is 14.9 Å². The van der Waals surface area contributed by atoms with Gasteiger partial charge in [-0.1, -0.05) is 0 Å². The van der Waals surface area contributed by atoms with Crippen molar-refractivity contribution in [3.8, 4) is 0 Å². The second-order valence-corrected chi connectivity index (χ2v) is 7.44. The average molecular weight is 363 g/mol. The third-order valence-corrected chi connectivity index (χ3v) is 5.20. The van der Waals surface area contributed by atoms with E-state index in [1.165, 1.54) is 12.8 Å². The summed E-state index contributed by atoms with van der Waals surface area (Å²) in [7, 11) is 0. The minimum Gasteiger partial charge on any atom is -0.481 e. The molecule has 144 valence electrons. The predicted octanol–water partition coefficient (Wildman–Crippen LogP) is 1.18. The molecule has 26 heavy (non-hydrogen) atoms. The highest BCUT2D eigenvalue weighted by Crippen LogP contribution is 2.32. The van der Waals surface area contributed by atoms with Gasteiger partial charge in [0.1, 0.15) is 5.82 Å². The van der Waals surface area contributed by atoms with Crippen molar-refractivity contribution in [3.05, 3.63) is 11.8 Å². The Balaban J connectivity index is 1.77. The SMILES string of the molecule is CC(C)(C(=O)O)c1cnc(NCCN2CCCC2)nc1N1CCOCC1. The fourth-order valence-corrected chi connectivity index (χ4v) is 3.36. The van der Waals surface area contributed by atoms with Gasteiger partial charge in [-0.25, -0.2) is 4.98 Å². The van der Waals surface area contributed by atoms with Crippen LogP contribution in [0.1, 0.15) is 32.3 Å². The second-order valence-electron chi connectivity index (χ2n) is 7.44. The number of anilines is 2. The summed E-state index contributed by atoms with van der Waals surface area (Å²) in [5.74, 6) is 0.361. The van der Waals surface area contributed by atoms with E-state index in [1.807, 2.05) is 0 Å². The molecule has 0 bridgehead atoms. The van der Waals surface area contributed by atoms with Crippen LogP contribution in [0.3, 0.4) is 0 Å². The Kier molecular flexibility index (Phi) is 5.93. The molecular weight excluding hydrogens is 334 g/mol. The molecule has 8 nitrogen and oxygen atoms in total. The van der Waals surface area contributed by atoms with Crippen LogP contribution in [-0.4, -0.2) is 78.4 Å². The molecule has 3 heterocycles. The van der Waals surface area contributed by atoms with Crippen molar-refractivity contribution in [2.75, 3.05) is 62.7 Å². The Morgan fingerprint density at radius 1 is 1.27 bits per heavy atom. The predicted molar refractivity (Wildman–Crippen MR) is 99.9 cm³/mol. The van der Waals surface area contributed by atoms with Gasteiger partial charge < -0.3 is 25.0 Å². The fourth-order valence-electron chi connectivity index (χ4n) is 3.36. The minimum absolute atomic E-state index is 0.552. The standard InChI is InChI=1S/C18H29N5O3/c1-18(2,16(24)25)14-13-20-17(19-5-8-22-6-3-4-7-22)21-15(14)23-9-11-26-12-10-23/h13H,3-12H2,1-2H3,(H,24,25)(H,19,20,21). The number of nitrogens with zero attached hydrogens (tertiary/aromatic N) is 4. The van der Waals surface area contributed by atoms with E-state index >= 15 is 0 Å². The largest absolute Gasteiger partial charge is 0.481 e. The number of aliphatic carboxylic acids is 1. The van der Waals surface area contributed by atoms with Gasteiger partial charge in [0.25, 0.3) is 0 Å². The topological polar surface area (TPSA) is 90.8 Å². The van der Waals surface area contributed by atoms with Gasteiger partial charge in [0.05, 0.1) is 18.6 Å². The molecule has 2 aliphatic heterocycles. The summed E-state index contributed by atoms with van der Waals surface area (Å²) in [5, 5.41) is 12.9. The molecule has 1 aromatic heterocycles. The maximum atomic E-state index is 11.7. The third kappa shape index (κ3) is 4.24. The number of likely N-dealkylation sites (tertiary alicyclic amines) is 1. The highest BCUT2D eigenvalue weighted by atomic mass is 16.5. The summed E-state index contributed by atoms with van der Waals surface area (Å²) in [6, 6.07) is 0. The van der Waals surface area contributed by atoms with E-state index in [0.29, 0.717) is 43.6 Å². The molecule has 2 fully saturated rings. The van der Waals surface area contributed by atoms with Crippen LogP contribution in [0.5, 0.6) is 0 Å². The van der Waals surface area contributed by atoms with Crippen LogP contribution in [0.2, 0.25) is 0 Å². The zero-order valence-electron chi connectivity index (χ0n) is 15.7. The van der Waals surface area contributed by atoms with Crippen LogP contribution < -0.4 is 10.2 Å². The lowest BCUT2D eigenvalue weighted by atomic mass is 9.85. The molecule has 0 saturated carbocycles. The highest BCUT2D eigenvalue weighted by Gasteiger charge is 2.35. The van der Waals surface area contributed by atoms with Crippen LogP contribution >= 0.6 is 0 Å². The van der Waals surface area contributed by atoms with Crippen molar-refractivity contribution in [1.82, 2.24) is 14.9 Å². The minimum atomic E-state index is -1.05. The maximum Gasteiger partial charge on any atom is 0.313 e. The summed E-state index contributed by atoms with van der Waals surface area (Å²) < 4.78 is 5.42. The van der Waals surface area contributed by atoms with E-state index in [-0.39, 0.29) is 0 Å². The smallest absolute Gasteiger partial charge is 0.313 e. The number of ether oxygens (including phenoxy) is 1. The molecule has 3 rings (SSSR count). The Labute approximate surface area is 154 Å². The first-order valence-corrected chi connectivity index (χ1v) is 9.38. The van der Waals surface area contributed by atoms with Crippen LogP contribution in [0, 0.1) is 0 Å². The van der Waals surface area contributed by atoms with E-state index in [2.05, 4.69) is 25.1 Å². The number of carboxylic acids is 1. The van der Waals surface area contributed by atoms with Crippen molar-refractivity contribution >= 4 is 17.7 Å². The molecule has 0 unspecified atom stereocenters. The first kappa shape index (κ1) is 18.8. The van der Waals surface area contributed by atoms with Gasteiger partial charge in [-0.05, 0) is 39.8 Å². The molecule has 0 amide bonds. The molecule has 0 aromatic carbocycles. The zero-order chi connectivity index (χ0) is 18.6. The van der Waals surface area contributed by atoms with Gasteiger partial charge in [0, 0.05) is 37.9 Å². The summed E-state index contributed by atoms with van der Waals surface area (Å²) in [4.78, 5) is 25.3. The monoisotopic (exact) mass is 363 g/mol. The van der Waals surface area contributed by atoms with Gasteiger partial charge in [-0.3, -0.25) is 4.79 Å². The lowest BCUT2D eigenvalue weighted by molar-refractivity contribution is -0.142. The number of carbonyl (C=O) groups is 1. The van der Waals surface area contributed by atoms with Gasteiger partial charge in [-0.2, -0.15) is 4.98 Å². The highest BCUT2D eigenvalue weighted by molar-refractivity contribution is 5.82. The van der Waals surface area contributed by atoms with E-state index < -0.39 is 11.4 Å². The number of nitrogens with one attached hydrogen (secondary N) is 1. The summed E-state index contributed by atoms with van der Waals surface area (Å²) in [6.07, 6.45) is 4.21. The Bertz CT molecular complexity index is 625. The Morgan fingerprint density at radius 2 is 1.96 bits per heavy atom. The van der Waals surface area contributed by atoms with Gasteiger partial charge >= 0.3 is 5.97 Å². The second kappa shape index (κ2) is 8.18. The number of hydrogen-bond acceptors (Lipinski definition) is 7. The van der Waals surface area contributed by atoms with Crippen molar-refractivity contribution in [1.29, 1.82) is 0 Å². The van der Waals surface area contributed by atoms with Crippen molar-refractivity contribution in [3.63, 3.8) is 0 Å². The zero-order valence-corrected chi connectivity index (χ0v) is 15.7. The van der Waals surface area contributed by atoms with Gasteiger partial charge in [0.15, 0.2) is 0 Å². The first-order chi connectivity index (χ1) is 12.5. The van der Waals surface area contributed by atoms with E-state index in [1.54, 1.807) is 20.0 Å². The molecule has 2 saturated heterocycles.